The molecule has 0 aromatic rings. The van der Waals surface area contributed by atoms with Gasteiger partial charge in [0.1, 0.15) is 0 Å². The van der Waals surface area contributed by atoms with Crippen molar-refractivity contribution in [1.82, 2.24) is 10.2 Å². The molecule has 1 N–H and O–H groups in total. The summed E-state index contributed by atoms with van der Waals surface area (Å²) in [6.07, 6.45) is 0. The topological polar surface area (TPSA) is 15.3 Å². The van der Waals surface area contributed by atoms with E-state index in [1.165, 1.54) is 0 Å². The first-order chi connectivity index (χ1) is 3.79. The van der Waals surface area contributed by atoms with Crippen molar-refractivity contribution in [2.45, 2.75) is 13.0 Å². The molecule has 2 heteroatoms. The third-order valence-electron chi connectivity index (χ3n) is 1.39. The van der Waals surface area contributed by atoms with Gasteiger partial charge in [0.05, 0.1) is 0 Å². The molecule has 1 radical (unpaired) electrons. The normalized spacial score (nSPS) is 33.0. The van der Waals surface area contributed by atoms with Crippen LogP contribution in [0.1, 0.15) is 6.92 Å². The van der Waals surface area contributed by atoms with Gasteiger partial charge in [-0.05, 0) is 14.0 Å². The van der Waals surface area contributed by atoms with E-state index < -0.39 is 0 Å². The van der Waals surface area contributed by atoms with Crippen molar-refractivity contribution in [2.24, 2.45) is 0 Å². The van der Waals surface area contributed by atoms with Crippen LogP contribution >= 0.6 is 0 Å². The maximum Gasteiger partial charge on any atom is 0.0364 e. The number of hydrogen-bond acceptors (Lipinski definition) is 2. The summed E-state index contributed by atoms with van der Waals surface area (Å²) in [7, 11) is 2.13. The van der Waals surface area contributed by atoms with Gasteiger partial charge >= 0.3 is 0 Å². The summed E-state index contributed by atoms with van der Waals surface area (Å²) in [5.74, 6) is 0. The lowest BCUT2D eigenvalue weighted by Gasteiger charge is -2.27. The van der Waals surface area contributed by atoms with Gasteiger partial charge in [0.15, 0.2) is 0 Å². The molecule has 0 aromatic heterocycles. The van der Waals surface area contributed by atoms with Crippen LogP contribution in [-0.2, 0) is 0 Å². The molecule has 47 valence electrons. The third kappa shape index (κ3) is 1.46. The SMILES string of the molecule is CC1CN(C)C[CH]N1. The fourth-order valence-corrected chi connectivity index (χ4v) is 1.00. The summed E-state index contributed by atoms with van der Waals surface area (Å²) in [6, 6.07) is 0.633. The summed E-state index contributed by atoms with van der Waals surface area (Å²) < 4.78 is 0. The monoisotopic (exact) mass is 113 g/mol. The van der Waals surface area contributed by atoms with Crippen LogP contribution in [-0.4, -0.2) is 31.1 Å². The number of hydrogen-bond donors (Lipinski definition) is 1. The van der Waals surface area contributed by atoms with Crippen LogP contribution in [0.2, 0.25) is 0 Å². The highest BCUT2D eigenvalue weighted by atomic mass is 15.2. The first-order valence-electron chi connectivity index (χ1n) is 3.05. The molecule has 8 heavy (non-hydrogen) atoms. The van der Waals surface area contributed by atoms with Crippen molar-refractivity contribution < 1.29 is 0 Å². The zero-order valence-electron chi connectivity index (χ0n) is 5.52. The van der Waals surface area contributed by atoms with Gasteiger partial charge in [-0.25, -0.2) is 0 Å². The van der Waals surface area contributed by atoms with Crippen molar-refractivity contribution in [3.05, 3.63) is 6.54 Å². The van der Waals surface area contributed by atoms with Gasteiger partial charge < -0.3 is 10.2 Å². The van der Waals surface area contributed by atoms with Crippen LogP contribution in [0.5, 0.6) is 0 Å². The van der Waals surface area contributed by atoms with Crippen molar-refractivity contribution >= 4 is 0 Å². The van der Waals surface area contributed by atoms with E-state index in [-0.39, 0.29) is 0 Å². The van der Waals surface area contributed by atoms with Crippen LogP contribution in [0.3, 0.4) is 0 Å². The molecule has 1 unspecified atom stereocenters. The van der Waals surface area contributed by atoms with Crippen LogP contribution in [0.4, 0.5) is 0 Å². The highest BCUT2D eigenvalue weighted by molar-refractivity contribution is 4.79. The van der Waals surface area contributed by atoms with E-state index in [9.17, 15) is 0 Å². The fraction of sp³-hybridized carbons (Fsp3) is 0.833. The first-order valence-corrected chi connectivity index (χ1v) is 3.05. The predicted molar refractivity (Wildman–Crippen MR) is 34.4 cm³/mol. The molecule has 0 bridgehead atoms. The summed E-state index contributed by atoms with van der Waals surface area (Å²) in [4.78, 5) is 2.29. The number of nitrogens with one attached hydrogen (secondary N) is 1. The van der Waals surface area contributed by atoms with E-state index in [4.69, 9.17) is 0 Å². The number of piperazine rings is 1. The molecule has 0 amide bonds. The summed E-state index contributed by atoms with van der Waals surface area (Å²) in [5, 5.41) is 3.25. The minimum Gasteiger partial charge on any atom is -0.307 e. The third-order valence-corrected chi connectivity index (χ3v) is 1.39. The summed E-state index contributed by atoms with van der Waals surface area (Å²) >= 11 is 0. The molecule has 1 fully saturated rings. The molecule has 0 aromatic carbocycles. The maximum absolute atomic E-state index is 3.25. The number of likely N-dealkylation sites (N-methyl/N-ethyl adjacent to an activating group) is 1. The molecule has 1 aliphatic rings. The first kappa shape index (κ1) is 6.05. The van der Waals surface area contributed by atoms with Crippen molar-refractivity contribution in [3.8, 4) is 0 Å². The minimum absolute atomic E-state index is 0.633. The molecule has 0 aliphatic carbocycles. The van der Waals surface area contributed by atoms with E-state index in [1.807, 2.05) is 0 Å². The zero-order valence-corrected chi connectivity index (χ0v) is 5.52. The molecule has 0 spiro atoms. The summed E-state index contributed by atoms with van der Waals surface area (Å²) in [6.45, 7) is 6.53. The fourth-order valence-electron chi connectivity index (χ4n) is 1.00. The van der Waals surface area contributed by atoms with Crippen LogP contribution in [0.25, 0.3) is 0 Å². The van der Waals surface area contributed by atoms with Crippen LogP contribution in [0.15, 0.2) is 0 Å². The quantitative estimate of drug-likeness (QED) is 0.478. The lowest BCUT2D eigenvalue weighted by atomic mass is 10.2. The second-order valence-corrected chi connectivity index (χ2v) is 2.49. The van der Waals surface area contributed by atoms with E-state index in [0.717, 1.165) is 13.1 Å². The van der Waals surface area contributed by atoms with Crippen molar-refractivity contribution in [1.29, 1.82) is 0 Å². The Kier molecular flexibility index (Phi) is 1.86. The summed E-state index contributed by atoms with van der Waals surface area (Å²) in [5.41, 5.74) is 0. The molecule has 1 atom stereocenters. The zero-order chi connectivity index (χ0) is 5.98. The average molecular weight is 113 g/mol. The van der Waals surface area contributed by atoms with Crippen molar-refractivity contribution in [3.63, 3.8) is 0 Å². The molecule has 1 rings (SSSR count). The molecular formula is C6H13N2. The average Bonchev–Trinajstić information content (AvgIpc) is 1.64. The Balaban J connectivity index is 2.23. The lowest BCUT2D eigenvalue weighted by molar-refractivity contribution is 0.276. The van der Waals surface area contributed by atoms with Gasteiger partial charge in [-0.15, -0.1) is 0 Å². The largest absolute Gasteiger partial charge is 0.307 e. The smallest absolute Gasteiger partial charge is 0.0364 e. The van der Waals surface area contributed by atoms with Crippen LogP contribution < -0.4 is 5.32 Å². The molecule has 1 heterocycles. The standard InChI is InChI=1S/C6H13N2/c1-6-5-8(2)4-3-7-6/h3,6-7H,4-5H2,1-2H3. The number of rotatable bonds is 0. The Morgan fingerprint density at radius 1 is 1.75 bits per heavy atom. The highest BCUT2D eigenvalue weighted by Crippen LogP contribution is 1.95. The van der Waals surface area contributed by atoms with Crippen molar-refractivity contribution in [2.75, 3.05) is 20.1 Å². The highest BCUT2D eigenvalue weighted by Gasteiger charge is 2.10. The van der Waals surface area contributed by atoms with Gasteiger partial charge in [0.25, 0.3) is 0 Å². The Morgan fingerprint density at radius 3 is 2.88 bits per heavy atom. The van der Waals surface area contributed by atoms with E-state index in [2.05, 4.69) is 30.7 Å². The van der Waals surface area contributed by atoms with Gasteiger partial charge in [-0.1, -0.05) is 0 Å². The minimum atomic E-state index is 0.633. The Morgan fingerprint density at radius 2 is 2.50 bits per heavy atom. The van der Waals surface area contributed by atoms with Gasteiger partial charge in [0.2, 0.25) is 0 Å². The molecular weight excluding hydrogens is 100 g/mol. The molecule has 1 aliphatic heterocycles. The Hall–Kier alpha value is -0.0800. The van der Waals surface area contributed by atoms with E-state index in [1.54, 1.807) is 0 Å². The number of nitrogens with zero attached hydrogens (tertiary/aromatic N) is 1. The second kappa shape index (κ2) is 2.46. The van der Waals surface area contributed by atoms with Gasteiger partial charge in [0, 0.05) is 25.7 Å². The Labute approximate surface area is 50.9 Å². The molecule has 1 saturated heterocycles. The molecule has 0 saturated carbocycles. The van der Waals surface area contributed by atoms with E-state index >= 15 is 0 Å². The maximum atomic E-state index is 3.25. The second-order valence-electron chi connectivity index (χ2n) is 2.49. The lowest BCUT2D eigenvalue weighted by Crippen LogP contribution is -2.44. The van der Waals surface area contributed by atoms with Gasteiger partial charge in [-0.2, -0.15) is 0 Å². The predicted octanol–water partition coefficient (Wildman–Crippen LogP) is 0.0717. The van der Waals surface area contributed by atoms with Crippen LogP contribution in [0, 0.1) is 6.54 Å². The van der Waals surface area contributed by atoms with Gasteiger partial charge in [-0.3, -0.25) is 0 Å². The van der Waals surface area contributed by atoms with E-state index in [0.29, 0.717) is 6.04 Å². The Bertz CT molecular complexity index is 64.9. The molecule has 2 nitrogen and oxygen atoms in total.